The van der Waals surface area contributed by atoms with Crippen molar-refractivity contribution < 1.29 is 14.1 Å². The van der Waals surface area contributed by atoms with Gasteiger partial charge < -0.3 is 14.3 Å². The predicted molar refractivity (Wildman–Crippen MR) is 87.1 cm³/mol. The summed E-state index contributed by atoms with van der Waals surface area (Å²) in [6.45, 7) is 1.85. The molecule has 0 saturated carbocycles. The summed E-state index contributed by atoms with van der Waals surface area (Å²) >= 11 is 0. The Bertz CT molecular complexity index is 771. The zero-order chi connectivity index (χ0) is 16.7. The number of aromatic nitrogens is 1. The van der Waals surface area contributed by atoms with Crippen LogP contribution in [-0.4, -0.2) is 53.5 Å². The van der Waals surface area contributed by atoms with E-state index in [0.29, 0.717) is 18.8 Å². The lowest BCUT2D eigenvalue weighted by Gasteiger charge is -2.30. The van der Waals surface area contributed by atoms with E-state index < -0.39 is 0 Å². The summed E-state index contributed by atoms with van der Waals surface area (Å²) in [7, 11) is 1.83. The van der Waals surface area contributed by atoms with Gasteiger partial charge in [0, 0.05) is 38.3 Å². The molecule has 0 aliphatic carbocycles. The lowest BCUT2D eigenvalue weighted by molar-refractivity contribution is -0.137. The quantitative estimate of drug-likeness (QED) is 0.846. The normalized spacial score (nSPS) is 23.5. The number of carbonyl (C=O) groups excluding carboxylic acids is 2. The van der Waals surface area contributed by atoms with Gasteiger partial charge in [0.1, 0.15) is 5.69 Å². The predicted octanol–water partition coefficient (Wildman–Crippen LogP) is 1.89. The van der Waals surface area contributed by atoms with E-state index in [9.17, 15) is 9.59 Å². The Morgan fingerprint density at radius 1 is 1.25 bits per heavy atom. The van der Waals surface area contributed by atoms with E-state index in [2.05, 4.69) is 5.16 Å². The Hall–Kier alpha value is -2.63. The third-order valence-corrected chi connectivity index (χ3v) is 5.05. The molecule has 2 amide bonds. The maximum Gasteiger partial charge on any atom is 0.292 e. The number of rotatable bonds is 2. The molecule has 2 fully saturated rings. The minimum Gasteiger partial charge on any atom is -0.350 e. The highest BCUT2D eigenvalue weighted by Crippen LogP contribution is 2.32. The second kappa shape index (κ2) is 5.78. The Labute approximate surface area is 140 Å². The molecule has 1 aromatic carbocycles. The van der Waals surface area contributed by atoms with Gasteiger partial charge in [-0.05, 0) is 12.3 Å². The Morgan fingerprint density at radius 3 is 2.83 bits per heavy atom. The van der Waals surface area contributed by atoms with E-state index in [0.717, 1.165) is 18.5 Å². The zero-order valence-corrected chi connectivity index (χ0v) is 13.5. The SMILES string of the molecule is CN1CC[C@@H]2CN(C(=O)c3cc(-c4ccccc4)no3)C[C@@H]2C1=O. The molecule has 0 N–H and O–H groups in total. The number of fused-ring (bicyclic) bond motifs is 1. The smallest absolute Gasteiger partial charge is 0.292 e. The number of amides is 2. The summed E-state index contributed by atoms with van der Waals surface area (Å²) in [5.41, 5.74) is 1.55. The lowest BCUT2D eigenvalue weighted by Crippen LogP contribution is -2.42. The lowest BCUT2D eigenvalue weighted by atomic mass is 9.88. The molecular weight excluding hydrogens is 306 g/mol. The molecule has 6 heteroatoms. The Kier molecular flexibility index (Phi) is 3.59. The molecule has 4 rings (SSSR count). The van der Waals surface area contributed by atoms with Crippen LogP contribution in [0.25, 0.3) is 11.3 Å². The van der Waals surface area contributed by atoms with Crippen molar-refractivity contribution in [2.45, 2.75) is 6.42 Å². The van der Waals surface area contributed by atoms with Gasteiger partial charge in [0.05, 0.1) is 5.92 Å². The van der Waals surface area contributed by atoms with E-state index in [-0.39, 0.29) is 29.4 Å². The van der Waals surface area contributed by atoms with Crippen LogP contribution in [-0.2, 0) is 4.79 Å². The minimum atomic E-state index is -0.186. The number of hydrogen-bond acceptors (Lipinski definition) is 4. The largest absolute Gasteiger partial charge is 0.350 e. The van der Waals surface area contributed by atoms with Crippen molar-refractivity contribution >= 4 is 11.8 Å². The van der Waals surface area contributed by atoms with E-state index in [1.807, 2.05) is 37.4 Å². The molecule has 2 aliphatic heterocycles. The molecule has 0 spiro atoms. The third-order valence-electron chi connectivity index (χ3n) is 5.05. The zero-order valence-electron chi connectivity index (χ0n) is 13.5. The standard InChI is InChI=1S/C18H19N3O3/c1-20-8-7-13-10-21(11-14(13)17(20)22)18(23)16-9-15(19-24-16)12-5-3-2-4-6-12/h2-6,9,13-14H,7-8,10-11H2,1H3/t13-,14+/m1/s1. The summed E-state index contributed by atoms with van der Waals surface area (Å²) in [5, 5.41) is 4.00. The van der Waals surface area contributed by atoms with Crippen LogP contribution in [0.15, 0.2) is 40.9 Å². The highest BCUT2D eigenvalue weighted by molar-refractivity contribution is 5.93. The third kappa shape index (κ3) is 2.48. The summed E-state index contributed by atoms with van der Waals surface area (Å²) in [4.78, 5) is 28.4. The summed E-state index contributed by atoms with van der Waals surface area (Å²) in [6.07, 6.45) is 0.947. The van der Waals surface area contributed by atoms with Gasteiger partial charge in [0.15, 0.2) is 0 Å². The molecule has 2 saturated heterocycles. The molecule has 2 aromatic rings. The van der Waals surface area contributed by atoms with Gasteiger partial charge in [-0.1, -0.05) is 35.5 Å². The number of likely N-dealkylation sites (tertiary alicyclic amines) is 2. The molecule has 3 heterocycles. The molecule has 0 bridgehead atoms. The summed E-state index contributed by atoms with van der Waals surface area (Å²) in [5.74, 6) is 0.366. The first-order chi connectivity index (χ1) is 11.6. The molecular formula is C18H19N3O3. The van der Waals surface area contributed by atoms with Crippen molar-refractivity contribution in [3.05, 3.63) is 42.2 Å². The molecule has 0 unspecified atom stereocenters. The number of benzene rings is 1. The Morgan fingerprint density at radius 2 is 2.04 bits per heavy atom. The minimum absolute atomic E-state index is 0.0794. The molecule has 124 valence electrons. The summed E-state index contributed by atoms with van der Waals surface area (Å²) in [6, 6.07) is 11.3. The van der Waals surface area contributed by atoms with Crippen molar-refractivity contribution in [1.29, 1.82) is 0 Å². The van der Waals surface area contributed by atoms with E-state index in [1.165, 1.54) is 0 Å². The van der Waals surface area contributed by atoms with E-state index in [4.69, 9.17) is 4.52 Å². The van der Waals surface area contributed by atoms with Crippen LogP contribution in [0, 0.1) is 11.8 Å². The van der Waals surface area contributed by atoms with Crippen LogP contribution in [0.2, 0.25) is 0 Å². The molecule has 0 radical (unpaired) electrons. The second-order valence-electron chi connectivity index (χ2n) is 6.57. The maximum atomic E-state index is 12.7. The second-order valence-corrected chi connectivity index (χ2v) is 6.57. The van der Waals surface area contributed by atoms with Gasteiger partial charge in [0.2, 0.25) is 11.7 Å². The molecule has 1 aromatic heterocycles. The van der Waals surface area contributed by atoms with Gasteiger partial charge in [-0.25, -0.2) is 0 Å². The fraction of sp³-hybridized carbons (Fsp3) is 0.389. The van der Waals surface area contributed by atoms with Crippen LogP contribution < -0.4 is 0 Å². The van der Waals surface area contributed by atoms with Crippen LogP contribution in [0.1, 0.15) is 17.0 Å². The van der Waals surface area contributed by atoms with E-state index in [1.54, 1.807) is 15.9 Å². The van der Waals surface area contributed by atoms with Crippen LogP contribution in [0.3, 0.4) is 0 Å². The van der Waals surface area contributed by atoms with Crippen molar-refractivity contribution in [2.75, 3.05) is 26.7 Å². The van der Waals surface area contributed by atoms with Gasteiger partial charge in [0.25, 0.3) is 5.91 Å². The van der Waals surface area contributed by atoms with Gasteiger partial charge >= 0.3 is 0 Å². The first kappa shape index (κ1) is 14.9. The van der Waals surface area contributed by atoms with Crippen LogP contribution >= 0.6 is 0 Å². The number of nitrogens with zero attached hydrogens (tertiary/aromatic N) is 3. The Balaban J connectivity index is 1.51. The molecule has 24 heavy (non-hydrogen) atoms. The fourth-order valence-corrected chi connectivity index (χ4v) is 3.64. The highest BCUT2D eigenvalue weighted by Gasteiger charge is 2.43. The first-order valence-electron chi connectivity index (χ1n) is 8.20. The van der Waals surface area contributed by atoms with Crippen molar-refractivity contribution in [2.24, 2.45) is 11.8 Å². The van der Waals surface area contributed by atoms with Gasteiger partial charge in [-0.3, -0.25) is 9.59 Å². The first-order valence-corrected chi connectivity index (χ1v) is 8.20. The maximum absolute atomic E-state index is 12.7. The molecule has 2 atom stereocenters. The monoisotopic (exact) mass is 325 g/mol. The van der Waals surface area contributed by atoms with Crippen LogP contribution in [0.4, 0.5) is 0 Å². The highest BCUT2D eigenvalue weighted by atomic mass is 16.5. The average Bonchev–Trinajstić information content (AvgIpc) is 3.26. The average molecular weight is 325 g/mol. The van der Waals surface area contributed by atoms with Crippen molar-refractivity contribution in [3.63, 3.8) is 0 Å². The topological polar surface area (TPSA) is 66.7 Å². The fourth-order valence-electron chi connectivity index (χ4n) is 3.64. The van der Waals surface area contributed by atoms with Crippen molar-refractivity contribution in [3.8, 4) is 11.3 Å². The number of piperidine rings is 1. The molecule has 6 nitrogen and oxygen atoms in total. The van der Waals surface area contributed by atoms with E-state index >= 15 is 0 Å². The van der Waals surface area contributed by atoms with Gasteiger partial charge in [-0.2, -0.15) is 0 Å². The van der Waals surface area contributed by atoms with Crippen LogP contribution in [0.5, 0.6) is 0 Å². The summed E-state index contributed by atoms with van der Waals surface area (Å²) < 4.78 is 5.26. The number of carbonyl (C=O) groups is 2. The van der Waals surface area contributed by atoms with Gasteiger partial charge in [-0.15, -0.1) is 0 Å². The number of hydrogen-bond donors (Lipinski definition) is 0. The molecule has 2 aliphatic rings. The van der Waals surface area contributed by atoms with Crippen molar-refractivity contribution in [1.82, 2.24) is 15.0 Å².